The Labute approximate surface area is 144 Å². The van der Waals surface area contributed by atoms with Crippen molar-refractivity contribution in [3.05, 3.63) is 89.0 Å². The molecule has 0 bridgehead atoms. The van der Waals surface area contributed by atoms with Crippen LogP contribution in [0.2, 0.25) is 10.0 Å². The van der Waals surface area contributed by atoms with Gasteiger partial charge in [0.2, 0.25) is 0 Å². The molecule has 2 heterocycles. The molecule has 0 aliphatic heterocycles. The van der Waals surface area contributed by atoms with Crippen LogP contribution in [0.1, 0.15) is 0 Å². The second kappa shape index (κ2) is 5.77. The Kier molecular flexibility index (Phi) is 3.60. The average Bonchev–Trinajstić information content (AvgIpc) is 3.02. The Morgan fingerprint density at radius 2 is 1.43 bits per heavy atom. The fourth-order valence-corrected chi connectivity index (χ4v) is 3.11. The van der Waals surface area contributed by atoms with Gasteiger partial charge >= 0.3 is 0 Å². The van der Waals surface area contributed by atoms with Crippen LogP contribution in [0.15, 0.2) is 79.0 Å². The zero-order valence-electron chi connectivity index (χ0n) is 12.2. The maximum atomic E-state index is 6.17. The predicted octanol–water partition coefficient (Wildman–Crippen LogP) is 6.58. The van der Waals surface area contributed by atoms with Gasteiger partial charge in [-0.3, -0.25) is 0 Å². The maximum absolute atomic E-state index is 6.17. The molecule has 0 aliphatic rings. The Morgan fingerprint density at radius 1 is 0.609 bits per heavy atom. The minimum Gasteiger partial charge on any atom is -0.316 e. The van der Waals surface area contributed by atoms with Gasteiger partial charge in [0, 0.05) is 22.8 Å². The molecule has 23 heavy (non-hydrogen) atoms. The number of benzene rings is 2. The Morgan fingerprint density at radius 3 is 2.22 bits per heavy atom. The van der Waals surface area contributed by atoms with Crippen molar-refractivity contribution in [1.82, 2.24) is 4.40 Å². The molecule has 0 radical (unpaired) electrons. The zero-order chi connectivity index (χ0) is 15.8. The van der Waals surface area contributed by atoms with Crippen molar-refractivity contribution in [2.45, 2.75) is 0 Å². The van der Waals surface area contributed by atoms with Crippen LogP contribution >= 0.6 is 23.2 Å². The van der Waals surface area contributed by atoms with E-state index in [9.17, 15) is 0 Å². The van der Waals surface area contributed by atoms with Crippen LogP contribution in [0, 0.1) is 0 Å². The Balaban J connectivity index is 1.91. The van der Waals surface area contributed by atoms with Gasteiger partial charge in [-0.2, -0.15) is 0 Å². The Bertz CT molecular complexity index is 987. The van der Waals surface area contributed by atoms with E-state index in [0.717, 1.165) is 16.8 Å². The highest BCUT2D eigenvalue weighted by atomic mass is 35.5. The van der Waals surface area contributed by atoms with E-state index in [0.29, 0.717) is 10.0 Å². The minimum absolute atomic E-state index is 0.566. The van der Waals surface area contributed by atoms with Gasteiger partial charge in [-0.05, 0) is 35.9 Å². The largest absolute Gasteiger partial charge is 0.316 e. The van der Waals surface area contributed by atoms with Crippen molar-refractivity contribution in [1.29, 1.82) is 0 Å². The highest BCUT2D eigenvalue weighted by molar-refractivity contribution is 6.42. The molecule has 0 amide bonds. The van der Waals surface area contributed by atoms with Gasteiger partial charge < -0.3 is 4.40 Å². The number of aromatic nitrogens is 1. The van der Waals surface area contributed by atoms with E-state index in [1.54, 1.807) is 0 Å². The summed E-state index contributed by atoms with van der Waals surface area (Å²) in [6.07, 6.45) is 2.16. The molecule has 2 aromatic heterocycles. The van der Waals surface area contributed by atoms with Crippen LogP contribution in [0.25, 0.3) is 27.9 Å². The van der Waals surface area contributed by atoms with Gasteiger partial charge in [0.15, 0.2) is 0 Å². The molecule has 2 aromatic carbocycles. The molecule has 0 fully saturated rings. The molecule has 4 aromatic rings. The van der Waals surface area contributed by atoms with Crippen LogP contribution in [0.3, 0.4) is 0 Å². The molecule has 4 rings (SSSR count). The highest BCUT2D eigenvalue weighted by Crippen LogP contribution is 2.31. The van der Waals surface area contributed by atoms with Gasteiger partial charge in [0.25, 0.3) is 0 Å². The van der Waals surface area contributed by atoms with Gasteiger partial charge in [0.05, 0.1) is 15.7 Å². The van der Waals surface area contributed by atoms with E-state index in [1.807, 2.05) is 24.3 Å². The SMILES string of the molecule is Clc1ccc(-c2cccc3cc(-c4ccccc4)cn23)cc1Cl. The van der Waals surface area contributed by atoms with Crippen LogP contribution in [0.4, 0.5) is 0 Å². The van der Waals surface area contributed by atoms with E-state index in [-0.39, 0.29) is 0 Å². The summed E-state index contributed by atoms with van der Waals surface area (Å²) in [6.45, 7) is 0. The van der Waals surface area contributed by atoms with Crippen LogP contribution < -0.4 is 0 Å². The number of rotatable bonds is 2. The fourth-order valence-electron chi connectivity index (χ4n) is 2.81. The minimum atomic E-state index is 0.566. The number of nitrogens with zero attached hydrogens (tertiary/aromatic N) is 1. The van der Waals surface area contributed by atoms with Crippen molar-refractivity contribution in [3.63, 3.8) is 0 Å². The quantitative estimate of drug-likeness (QED) is 0.389. The lowest BCUT2D eigenvalue weighted by Crippen LogP contribution is -1.89. The van der Waals surface area contributed by atoms with E-state index < -0.39 is 0 Å². The number of pyridine rings is 1. The molecular formula is C20H13Cl2N. The average molecular weight is 338 g/mol. The second-order valence-corrected chi connectivity index (χ2v) is 6.24. The summed E-state index contributed by atoms with van der Waals surface area (Å²) in [5.74, 6) is 0. The van der Waals surface area contributed by atoms with Gasteiger partial charge in [0.1, 0.15) is 0 Å². The molecule has 0 aliphatic carbocycles. The number of fused-ring (bicyclic) bond motifs is 1. The maximum Gasteiger partial charge on any atom is 0.0599 e. The summed E-state index contributed by atoms with van der Waals surface area (Å²) < 4.78 is 2.18. The number of hydrogen-bond donors (Lipinski definition) is 0. The van der Waals surface area contributed by atoms with Crippen molar-refractivity contribution >= 4 is 28.7 Å². The normalized spacial score (nSPS) is 11.0. The third-order valence-corrected chi connectivity index (χ3v) is 4.69. The molecule has 0 saturated carbocycles. The van der Waals surface area contributed by atoms with E-state index in [2.05, 4.69) is 59.1 Å². The van der Waals surface area contributed by atoms with Gasteiger partial charge in [-0.25, -0.2) is 0 Å². The zero-order valence-corrected chi connectivity index (χ0v) is 13.7. The first-order chi connectivity index (χ1) is 11.2. The fraction of sp³-hybridized carbons (Fsp3) is 0. The lowest BCUT2D eigenvalue weighted by Gasteiger charge is -2.07. The molecule has 1 nitrogen and oxygen atoms in total. The first-order valence-corrected chi connectivity index (χ1v) is 8.10. The van der Waals surface area contributed by atoms with Crippen LogP contribution in [-0.2, 0) is 0 Å². The molecule has 0 saturated heterocycles. The summed E-state index contributed by atoms with van der Waals surface area (Å²) in [4.78, 5) is 0. The summed E-state index contributed by atoms with van der Waals surface area (Å²) in [5, 5.41) is 1.14. The molecule has 0 atom stereocenters. The molecule has 0 spiro atoms. The molecule has 0 unspecified atom stereocenters. The predicted molar refractivity (Wildman–Crippen MR) is 98.3 cm³/mol. The van der Waals surface area contributed by atoms with Crippen molar-refractivity contribution in [3.8, 4) is 22.4 Å². The number of hydrogen-bond acceptors (Lipinski definition) is 0. The van der Waals surface area contributed by atoms with Gasteiger partial charge in [-0.15, -0.1) is 0 Å². The van der Waals surface area contributed by atoms with Crippen LogP contribution in [0.5, 0.6) is 0 Å². The highest BCUT2D eigenvalue weighted by Gasteiger charge is 2.08. The third-order valence-electron chi connectivity index (χ3n) is 3.95. The number of halogens is 2. The summed E-state index contributed by atoms with van der Waals surface area (Å²) in [7, 11) is 0. The van der Waals surface area contributed by atoms with E-state index in [1.165, 1.54) is 11.1 Å². The van der Waals surface area contributed by atoms with E-state index >= 15 is 0 Å². The summed E-state index contributed by atoms with van der Waals surface area (Å²) >= 11 is 12.2. The van der Waals surface area contributed by atoms with Gasteiger partial charge in [-0.1, -0.05) is 65.7 Å². The molecule has 112 valence electrons. The van der Waals surface area contributed by atoms with Crippen molar-refractivity contribution in [2.24, 2.45) is 0 Å². The van der Waals surface area contributed by atoms with Crippen molar-refractivity contribution in [2.75, 3.05) is 0 Å². The molecule has 0 N–H and O–H groups in total. The standard InChI is InChI=1S/C20H13Cl2N/c21-18-10-9-15(12-19(18)22)20-8-4-7-17-11-16(13-23(17)20)14-5-2-1-3-6-14/h1-13H. The third kappa shape index (κ3) is 2.63. The lowest BCUT2D eigenvalue weighted by atomic mass is 10.1. The van der Waals surface area contributed by atoms with E-state index in [4.69, 9.17) is 23.2 Å². The molecule has 3 heteroatoms. The first-order valence-electron chi connectivity index (χ1n) is 7.34. The lowest BCUT2D eigenvalue weighted by molar-refractivity contribution is 1.20. The smallest absolute Gasteiger partial charge is 0.0599 e. The Hall–Kier alpha value is -2.22. The second-order valence-electron chi connectivity index (χ2n) is 5.43. The van der Waals surface area contributed by atoms with Crippen LogP contribution in [-0.4, -0.2) is 4.40 Å². The molecular weight excluding hydrogens is 325 g/mol. The van der Waals surface area contributed by atoms with Crippen molar-refractivity contribution < 1.29 is 0 Å². The summed E-state index contributed by atoms with van der Waals surface area (Å²) in [5.41, 5.74) is 5.67. The summed E-state index contributed by atoms with van der Waals surface area (Å²) in [6, 6.07) is 24.5. The monoisotopic (exact) mass is 337 g/mol. The topological polar surface area (TPSA) is 4.41 Å². The first kappa shape index (κ1) is 14.4.